The SMILES string of the molecule is O=C(N1CCN[C@@H]2COC[C@H](N3CCCC3)[C@H]21)C(F)(F)F. The van der Waals surface area contributed by atoms with Crippen molar-refractivity contribution in [3.8, 4) is 0 Å². The molecule has 1 amide bonds. The predicted octanol–water partition coefficient (Wildman–Crippen LogP) is 0.212. The fourth-order valence-corrected chi connectivity index (χ4v) is 3.70. The summed E-state index contributed by atoms with van der Waals surface area (Å²) < 4.78 is 44.1. The number of rotatable bonds is 1. The summed E-state index contributed by atoms with van der Waals surface area (Å²) in [7, 11) is 0. The van der Waals surface area contributed by atoms with Crippen LogP contribution in [0.25, 0.3) is 0 Å². The third kappa shape index (κ3) is 2.89. The third-order valence-electron chi connectivity index (χ3n) is 4.62. The Kier molecular flexibility index (Phi) is 4.11. The van der Waals surface area contributed by atoms with Crippen LogP contribution in [0.5, 0.6) is 0 Å². The van der Waals surface area contributed by atoms with Crippen LogP contribution < -0.4 is 5.32 Å². The van der Waals surface area contributed by atoms with E-state index in [9.17, 15) is 18.0 Å². The average Bonchev–Trinajstić information content (AvgIpc) is 2.98. The molecule has 0 unspecified atom stereocenters. The minimum atomic E-state index is -4.81. The number of nitrogens with zero attached hydrogens (tertiary/aromatic N) is 2. The fraction of sp³-hybridized carbons (Fsp3) is 0.923. The number of carbonyl (C=O) groups is 1. The van der Waals surface area contributed by atoms with Crippen molar-refractivity contribution in [2.45, 2.75) is 37.1 Å². The molecule has 0 aromatic heterocycles. The zero-order valence-electron chi connectivity index (χ0n) is 11.7. The van der Waals surface area contributed by atoms with E-state index in [0.717, 1.165) is 30.8 Å². The molecule has 3 aliphatic heterocycles. The maximum atomic E-state index is 12.8. The monoisotopic (exact) mass is 307 g/mol. The van der Waals surface area contributed by atoms with Crippen molar-refractivity contribution < 1.29 is 22.7 Å². The van der Waals surface area contributed by atoms with Crippen molar-refractivity contribution in [1.82, 2.24) is 15.1 Å². The van der Waals surface area contributed by atoms with E-state index in [4.69, 9.17) is 4.74 Å². The summed E-state index contributed by atoms with van der Waals surface area (Å²) in [6.45, 7) is 2.96. The van der Waals surface area contributed by atoms with Crippen molar-refractivity contribution in [2.75, 3.05) is 39.4 Å². The van der Waals surface area contributed by atoms with E-state index in [-0.39, 0.29) is 18.6 Å². The first kappa shape index (κ1) is 15.1. The Bertz CT molecular complexity index is 397. The highest BCUT2D eigenvalue weighted by molar-refractivity contribution is 5.82. The quantitative estimate of drug-likeness (QED) is 0.752. The second-order valence-electron chi connectivity index (χ2n) is 5.90. The molecule has 21 heavy (non-hydrogen) atoms. The highest BCUT2D eigenvalue weighted by atomic mass is 19.4. The standard InChI is InChI=1S/C13H20F3N3O2/c14-13(15,16)12(20)19-6-3-17-9-7-21-8-10(11(9)19)18-4-1-2-5-18/h9-11,17H,1-8H2/t9-,10+,11+/m1/s1. The Morgan fingerprint density at radius 1 is 1.14 bits per heavy atom. The number of alkyl halides is 3. The van der Waals surface area contributed by atoms with Crippen LogP contribution in [0.15, 0.2) is 0 Å². The van der Waals surface area contributed by atoms with Gasteiger partial charge in [-0.2, -0.15) is 13.2 Å². The summed E-state index contributed by atoms with van der Waals surface area (Å²) in [5.74, 6) is -1.72. The van der Waals surface area contributed by atoms with Gasteiger partial charge in [-0.1, -0.05) is 0 Å². The van der Waals surface area contributed by atoms with Gasteiger partial charge in [-0.25, -0.2) is 0 Å². The first-order chi connectivity index (χ1) is 9.98. The van der Waals surface area contributed by atoms with E-state index < -0.39 is 18.1 Å². The number of halogens is 3. The Morgan fingerprint density at radius 2 is 1.86 bits per heavy atom. The smallest absolute Gasteiger partial charge is 0.378 e. The Balaban J connectivity index is 1.83. The molecule has 3 atom stereocenters. The molecule has 3 heterocycles. The van der Waals surface area contributed by atoms with Crippen LogP contribution in [0.4, 0.5) is 13.2 Å². The molecule has 3 rings (SSSR count). The van der Waals surface area contributed by atoms with Gasteiger partial charge in [0.2, 0.25) is 0 Å². The number of fused-ring (bicyclic) bond motifs is 1. The topological polar surface area (TPSA) is 44.8 Å². The van der Waals surface area contributed by atoms with Gasteiger partial charge in [0, 0.05) is 13.1 Å². The number of nitrogens with one attached hydrogen (secondary N) is 1. The summed E-state index contributed by atoms with van der Waals surface area (Å²) in [6.07, 6.45) is -2.71. The van der Waals surface area contributed by atoms with E-state index in [2.05, 4.69) is 10.2 Å². The number of carbonyl (C=O) groups excluding carboxylic acids is 1. The lowest BCUT2D eigenvalue weighted by molar-refractivity contribution is -0.194. The van der Waals surface area contributed by atoms with E-state index in [1.165, 1.54) is 0 Å². The van der Waals surface area contributed by atoms with Gasteiger partial charge >= 0.3 is 12.1 Å². The molecule has 3 saturated heterocycles. The minimum Gasteiger partial charge on any atom is -0.378 e. The van der Waals surface area contributed by atoms with Gasteiger partial charge < -0.3 is 15.0 Å². The number of hydrogen-bond acceptors (Lipinski definition) is 4. The van der Waals surface area contributed by atoms with Gasteiger partial charge in [-0.05, 0) is 25.9 Å². The number of likely N-dealkylation sites (tertiary alicyclic amines) is 1. The Labute approximate surface area is 121 Å². The molecular formula is C13H20F3N3O2. The molecule has 8 heteroatoms. The summed E-state index contributed by atoms with van der Waals surface area (Å²) in [5, 5.41) is 3.20. The second kappa shape index (κ2) is 5.73. The van der Waals surface area contributed by atoms with Crippen LogP contribution >= 0.6 is 0 Å². The van der Waals surface area contributed by atoms with E-state index in [1.807, 2.05) is 0 Å². The minimum absolute atomic E-state index is 0.101. The van der Waals surface area contributed by atoms with Crippen LogP contribution in [0.3, 0.4) is 0 Å². The van der Waals surface area contributed by atoms with Gasteiger partial charge in [0.25, 0.3) is 0 Å². The van der Waals surface area contributed by atoms with Crippen LogP contribution in [0.1, 0.15) is 12.8 Å². The van der Waals surface area contributed by atoms with Gasteiger partial charge in [-0.15, -0.1) is 0 Å². The second-order valence-corrected chi connectivity index (χ2v) is 5.90. The summed E-state index contributed by atoms with van der Waals surface area (Å²) in [4.78, 5) is 14.9. The van der Waals surface area contributed by atoms with Crippen molar-refractivity contribution in [1.29, 1.82) is 0 Å². The number of hydrogen-bond donors (Lipinski definition) is 1. The Morgan fingerprint density at radius 3 is 2.52 bits per heavy atom. The lowest BCUT2D eigenvalue weighted by Crippen LogP contribution is -2.71. The molecule has 120 valence electrons. The molecule has 0 aromatic rings. The normalized spacial score (nSPS) is 34.8. The number of amides is 1. The fourth-order valence-electron chi connectivity index (χ4n) is 3.70. The van der Waals surface area contributed by atoms with E-state index >= 15 is 0 Å². The molecule has 0 aromatic carbocycles. The van der Waals surface area contributed by atoms with Crippen LogP contribution in [0, 0.1) is 0 Å². The molecule has 0 spiro atoms. The molecule has 3 fully saturated rings. The summed E-state index contributed by atoms with van der Waals surface area (Å²) >= 11 is 0. The number of piperazine rings is 1. The van der Waals surface area contributed by atoms with Crippen molar-refractivity contribution >= 4 is 5.91 Å². The summed E-state index contributed by atoms with van der Waals surface area (Å²) in [5.41, 5.74) is 0. The van der Waals surface area contributed by atoms with Crippen LogP contribution in [0.2, 0.25) is 0 Å². The van der Waals surface area contributed by atoms with Crippen molar-refractivity contribution in [3.63, 3.8) is 0 Å². The van der Waals surface area contributed by atoms with Crippen molar-refractivity contribution in [3.05, 3.63) is 0 Å². The van der Waals surface area contributed by atoms with Crippen molar-refractivity contribution in [2.24, 2.45) is 0 Å². The Hall–Kier alpha value is -0.860. The molecule has 0 bridgehead atoms. The molecule has 0 radical (unpaired) electrons. The lowest BCUT2D eigenvalue weighted by Gasteiger charge is -2.50. The third-order valence-corrected chi connectivity index (χ3v) is 4.62. The van der Waals surface area contributed by atoms with Crippen LogP contribution in [-0.2, 0) is 9.53 Å². The zero-order valence-corrected chi connectivity index (χ0v) is 11.7. The predicted molar refractivity (Wildman–Crippen MR) is 68.8 cm³/mol. The highest BCUT2D eigenvalue weighted by Crippen LogP contribution is 2.29. The summed E-state index contributed by atoms with van der Waals surface area (Å²) in [6, 6.07) is -0.825. The lowest BCUT2D eigenvalue weighted by atomic mass is 9.93. The maximum absolute atomic E-state index is 12.8. The van der Waals surface area contributed by atoms with Gasteiger partial charge in [0.1, 0.15) is 0 Å². The first-order valence-electron chi connectivity index (χ1n) is 7.41. The highest BCUT2D eigenvalue weighted by Gasteiger charge is 2.51. The number of ether oxygens (including phenoxy) is 1. The van der Waals surface area contributed by atoms with Gasteiger partial charge in [0.15, 0.2) is 0 Å². The molecule has 0 saturated carbocycles. The van der Waals surface area contributed by atoms with E-state index in [1.54, 1.807) is 0 Å². The first-order valence-corrected chi connectivity index (χ1v) is 7.41. The molecule has 1 N–H and O–H groups in total. The van der Waals surface area contributed by atoms with Gasteiger partial charge in [0.05, 0.1) is 31.3 Å². The molecule has 0 aliphatic carbocycles. The maximum Gasteiger partial charge on any atom is 0.471 e. The zero-order chi connectivity index (χ0) is 15.0. The van der Waals surface area contributed by atoms with Crippen LogP contribution in [-0.4, -0.2) is 79.4 Å². The van der Waals surface area contributed by atoms with Gasteiger partial charge in [-0.3, -0.25) is 9.69 Å². The largest absolute Gasteiger partial charge is 0.471 e. The molecule has 5 nitrogen and oxygen atoms in total. The average molecular weight is 307 g/mol. The molecule has 3 aliphatic rings. The molecular weight excluding hydrogens is 287 g/mol. The van der Waals surface area contributed by atoms with E-state index in [0.29, 0.717) is 19.8 Å².